The maximum atomic E-state index is 11.0. The summed E-state index contributed by atoms with van der Waals surface area (Å²) in [5.41, 5.74) is 1.68. The molecule has 0 saturated heterocycles. The molecule has 0 spiro atoms. The van der Waals surface area contributed by atoms with Gasteiger partial charge in [-0.2, -0.15) is 0 Å². The highest BCUT2D eigenvalue weighted by Gasteiger charge is 1.98. The van der Waals surface area contributed by atoms with Gasteiger partial charge in [-0.1, -0.05) is 18.2 Å². The molecule has 2 nitrogen and oxygen atoms in total. The van der Waals surface area contributed by atoms with Crippen LogP contribution >= 0.6 is 12.2 Å². The summed E-state index contributed by atoms with van der Waals surface area (Å²) in [6.45, 7) is 2.03. The van der Waals surface area contributed by atoms with Crippen LogP contribution in [0, 0.1) is 0 Å². The second-order valence-electron chi connectivity index (χ2n) is 2.66. The van der Waals surface area contributed by atoms with Crippen molar-refractivity contribution in [2.24, 2.45) is 4.99 Å². The normalized spacial score (nSPS) is 9.00. The van der Waals surface area contributed by atoms with Gasteiger partial charge >= 0.3 is 0 Å². The molecule has 0 aliphatic rings. The lowest BCUT2D eigenvalue weighted by atomic mass is 10.1. The van der Waals surface area contributed by atoms with Crippen LogP contribution in [0.3, 0.4) is 0 Å². The van der Waals surface area contributed by atoms with Crippen molar-refractivity contribution in [2.75, 3.05) is 0 Å². The van der Waals surface area contributed by atoms with Gasteiger partial charge in [0.1, 0.15) is 0 Å². The van der Waals surface area contributed by atoms with Crippen molar-refractivity contribution >= 4 is 23.2 Å². The van der Waals surface area contributed by atoms with Gasteiger partial charge in [0.15, 0.2) is 5.78 Å². The number of thiocarbonyl (C=S) groups is 1. The highest BCUT2D eigenvalue weighted by atomic mass is 32.1. The largest absolute Gasteiger partial charge is 0.295 e. The molecule has 1 rings (SSSR count). The molecule has 0 radical (unpaired) electrons. The number of hydrogen-bond donors (Lipinski definition) is 0. The van der Waals surface area contributed by atoms with E-state index in [1.54, 1.807) is 13.0 Å². The Labute approximate surface area is 82.3 Å². The minimum atomic E-state index is 0.0631. The average molecular weight is 191 g/mol. The van der Waals surface area contributed by atoms with Gasteiger partial charge < -0.3 is 0 Å². The molecule has 0 fully saturated rings. The van der Waals surface area contributed by atoms with E-state index in [1.165, 1.54) is 0 Å². The third-order valence-corrected chi connectivity index (χ3v) is 1.79. The number of nitrogens with zero attached hydrogens (tertiary/aromatic N) is 1. The van der Waals surface area contributed by atoms with Crippen molar-refractivity contribution in [3.05, 3.63) is 35.4 Å². The minimum absolute atomic E-state index is 0.0631. The number of aliphatic imine (C=N–C) groups is 1. The zero-order valence-corrected chi connectivity index (χ0v) is 8.10. The average Bonchev–Trinajstić information content (AvgIpc) is 2.15. The van der Waals surface area contributed by atoms with Gasteiger partial charge in [-0.25, -0.2) is 4.99 Å². The zero-order valence-electron chi connectivity index (χ0n) is 7.28. The second-order valence-corrected chi connectivity index (χ2v) is 2.85. The van der Waals surface area contributed by atoms with Crippen LogP contribution < -0.4 is 0 Å². The Hall–Kier alpha value is -1.31. The fraction of sp³-hybridized carbons (Fsp3) is 0.200. The lowest BCUT2D eigenvalue weighted by Crippen LogP contribution is -1.92. The standard InChI is InChI=1S/C10H9NOS/c1-8(12)10-4-2-3-9(5-10)6-11-7-13/h2-5H,6H2,1H3. The van der Waals surface area contributed by atoms with Gasteiger partial charge in [-0.3, -0.25) is 4.79 Å². The van der Waals surface area contributed by atoms with Crippen LogP contribution in [0.1, 0.15) is 22.8 Å². The Morgan fingerprint density at radius 3 is 3.00 bits per heavy atom. The van der Waals surface area contributed by atoms with Crippen LogP contribution in [0.4, 0.5) is 0 Å². The first-order chi connectivity index (χ1) is 6.24. The maximum absolute atomic E-state index is 11.0. The van der Waals surface area contributed by atoms with Crippen molar-refractivity contribution in [2.45, 2.75) is 13.5 Å². The third-order valence-electron chi connectivity index (χ3n) is 1.66. The smallest absolute Gasteiger partial charge is 0.159 e. The van der Waals surface area contributed by atoms with Gasteiger partial charge in [0.25, 0.3) is 0 Å². The Morgan fingerprint density at radius 2 is 2.38 bits per heavy atom. The summed E-state index contributed by atoms with van der Waals surface area (Å²) < 4.78 is 0. The molecule has 0 bridgehead atoms. The number of ketones is 1. The molecule has 0 saturated carbocycles. The predicted octanol–water partition coefficient (Wildman–Crippen LogP) is 2.49. The van der Waals surface area contributed by atoms with Crippen LogP contribution in [0.2, 0.25) is 0 Å². The van der Waals surface area contributed by atoms with E-state index >= 15 is 0 Å². The van der Waals surface area contributed by atoms with Gasteiger partial charge in [0.2, 0.25) is 0 Å². The summed E-state index contributed by atoms with van der Waals surface area (Å²) >= 11 is 4.45. The van der Waals surface area contributed by atoms with E-state index in [-0.39, 0.29) is 5.78 Å². The summed E-state index contributed by atoms with van der Waals surface area (Å²) in [5, 5.41) is 2.29. The molecular weight excluding hydrogens is 182 g/mol. The van der Waals surface area contributed by atoms with E-state index in [4.69, 9.17) is 0 Å². The first-order valence-corrected chi connectivity index (χ1v) is 4.28. The fourth-order valence-electron chi connectivity index (χ4n) is 1.01. The number of hydrogen-bond acceptors (Lipinski definition) is 3. The molecular formula is C10H9NOS. The summed E-state index contributed by atoms with van der Waals surface area (Å²) in [4.78, 5) is 14.8. The number of Topliss-reactive ketones (excluding diaryl/α,β-unsaturated/α-hetero) is 1. The van der Waals surface area contributed by atoms with Crippen LogP contribution in [0.15, 0.2) is 29.3 Å². The van der Waals surface area contributed by atoms with Crippen molar-refractivity contribution in [1.82, 2.24) is 0 Å². The molecule has 0 atom stereocenters. The molecule has 0 aliphatic carbocycles. The zero-order chi connectivity index (χ0) is 9.68. The number of carbonyl (C=O) groups is 1. The molecule has 13 heavy (non-hydrogen) atoms. The molecule has 0 aromatic heterocycles. The fourth-order valence-corrected chi connectivity index (χ4v) is 1.08. The predicted molar refractivity (Wildman–Crippen MR) is 55.2 cm³/mol. The van der Waals surface area contributed by atoms with E-state index < -0.39 is 0 Å². The number of carbonyl (C=O) groups excluding carboxylic acids is 1. The van der Waals surface area contributed by atoms with E-state index in [9.17, 15) is 4.79 Å². The summed E-state index contributed by atoms with van der Waals surface area (Å²) in [5.74, 6) is 0.0631. The summed E-state index contributed by atoms with van der Waals surface area (Å²) in [6, 6.07) is 7.35. The first-order valence-electron chi connectivity index (χ1n) is 3.87. The van der Waals surface area contributed by atoms with E-state index in [2.05, 4.69) is 22.4 Å². The highest BCUT2D eigenvalue weighted by molar-refractivity contribution is 7.78. The Balaban J connectivity index is 2.91. The van der Waals surface area contributed by atoms with Crippen LogP contribution in [0.25, 0.3) is 0 Å². The van der Waals surface area contributed by atoms with Gasteiger partial charge in [0, 0.05) is 5.56 Å². The summed E-state index contributed by atoms with van der Waals surface area (Å²) in [6.07, 6.45) is 0. The highest BCUT2D eigenvalue weighted by Crippen LogP contribution is 2.06. The number of benzene rings is 1. The van der Waals surface area contributed by atoms with E-state index in [0.717, 1.165) is 5.56 Å². The number of isothiocyanates is 1. The van der Waals surface area contributed by atoms with Crippen LogP contribution in [-0.2, 0) is 6.54 Å². The van der Waals surface area contributed by atoms with Gasteiger partial charge in [0.05, 0.1) is 11.7 Å². The van der Waals surface area contributed by atoms with E-state index in [0.29, 0.717) is 12.1 Å². The molecule has 0 aliphatic heterocycles. The molecule has 0 N–H and O–H groups in total. The van der Waals surface area contributed by atoms with Crippen LogP contribution in [0.5, 0.6) is 0 Å². The Morgan fingerprint density at radius 1 is 1.62 bits per heavy atom. The molecule has 66 valence electrons. The molecule has 1 aromatic rings. The van der Waals surface area contributed by atoms with Crippen LogP contribution in [-0.4, -0.2) is 10.9 Å². The quantitative estimate of drug-likeness (QED) is 0.417. The molecule has 0 unspecified atom stereocenters. The van der Waals surface area contributed by atoms with Crippen molar-refractivity contribution in [3.63, 3.8) is 0 Å². The number of rotatable bonds is 3. The molecule has 0 amide bonds. The second kappa shape index (κ2) is 4.65. The Kier molecular flexibility index (Phi) is 3.50. The molecule has 0 heterocycles. The van der Waals surface area contributed by atoms with Gasteiger partial charge in [-0.05, 0) is 30.8 Å². The molecule has 3 heteroatoms. The molecule has 1 aromatic carbocycles. The summed E-state index contributed by atoms with van der Waals surface area (Å²) in [7, 11) is 0. The van der Waals surface area contributed by atoms with Gasteiger partial charge in [-0.15, -0.1) is 0 Å². The SMILES string of the molecule is CC(=O)c1cccc(CN=C=S)c1. The van der Waals surface area contributed by atoms with E-state index in [1.807, 2.05) is 18.2 Å². The maximum Gasteiger partial charge on any atom is 0.159 e. The third kappa shape index (κ3) is 2.90. The first kappa shape index (κ1) is 9.78. The van der Waals surface area contributed by atoms with Crippen molar-refractivity contribution in [3.8, 4) is 0 Å². The van der Waals surface area contributed by atoms with Crippen molar-refractivity contribution in [1.29, 1.82) is 0 Å². The topological polar surface area (TPSA) is 29.4 Å². The lowest BCUT2D eigenvalue weighted by molar-refractivity contribution is 0.101. The lowest BCUT2D eigenvalue weighted by Gasteiger charge is -1.98. The van der Waals surface area contributed by atoms with Crippen molar-refractivity contribution < 1.29 is 4.79 Å². The Bertz CT molecular complexity index is 367. The minimum Gasteiger partial charge on any atom is -0.295 e. The monoisotopic (exact) mass is 191 g/mol.